The van der Waals surface area contributed by atoms with E-state index in [-0.39, 0.29) is 25.0 Å². The molecular formula is C13H22N2O5. The highest BCUT2D eigenvalue weighted by Crippen LogP contribution is 2.15. The molecule has 1 rings (SSSR count). The first-order chi connectivity index (χ1) is 9.49. The molecule has 7 heteroatoms. The van der Waals surface area contributed by atoms with Gasteiger partial charge < -0.3 is 15.2 Å². The quantitative estimate of drug-likeness (QED) is 0.606. The van der Waals surface area contributed by atoms with Gasteiger partial charge in [-0.3, -0.25) is 14.9 Å². The lowest BCUT2D eigenvalue weighted by molar-refractivity contribution is -0.137. The van der Waals surface area contributed by atoms with Crippen molar-refractivity contribution >= 4 is 17.9 Å². The first-order valence-electron chi connectivity index (χ1n) is 6.93. The van der Waals surface area contributed by atoms with Crippen LogP contribution in [-0.4, -0.2) is 41.8 Å². The first kappa shape index (κ1) is 16.4. The molecule has 0 radical (unpaired) electrons. The monoisotopic (exact) mass is 286 g/mol. The predicted molar refractivity (Wildman–Crippen MR) is 71.2 cm³/mol. The predicted octanol–water partition coefficient (Wildman–Crippen LogP) is 1.02. The van der Waals surface area contributed by atoms with Gasteiger partial charge in [-0.2, -0.15) is 0 Å². The number of carbonyl (C=O) groups excluding carboxylic acids is 2. The highest BCUT2D eigenvalue weighted by atomic mass is 16.5. The van der Waals surface area contributed by atoms with Crippen molar-refractivity contribution in [1.29, 1.82) is 0 Å². The second kappa shape index (κ2) is 8.52. The van der Waals surface area contributed by atoms with Gasteiger partial charge in [-0.25, -0.2) is 4.79 Å². The molecule has 0 saturated carbocycles. The number of carboxylic acid groups (broad SMARTS) is 1. The van der Waals surface area contributed by atoms with E-state index in [4.69, 9.17) is 9.84 Å². The van der Waals surface area contributed by atoms with E-state index in [2.05, 4.69) is 10.6 Å². The third-order valence-corrected chi connectivity index (χ3v) is 3.18. The van der Waals surface area contributed by atoms with Crippen molar-refractivity contribution in [2.24, 2.45) is 0 Å². The van der Waals surface area contributed by atoms with Crippen LogP contribution in [0.1, 0.15) is 45.4 Å². The summed E-state index contributed by atoms with van der Waals surface area (Å²) in [7, 11) is 0. The highest BCUT2D eigenvalue weighted by molar-refractivity contribution is 5.94. The summed E-state index contributed by atoms with van der Waals surface area (Å²) < 4.78 is 5.44. The molecule has 0 spiro atoms. The van der Waals surface area contributed by atoms with Gasteiger partial charge in [-0.15, -0.1) is 0 Å². The van der Waals surface area contributed by atoms with Crippen molar-refractivity contribution in [2.45, 2.75) is 57.6 Å². The normalized spacial score (nSPS) is 19.4. The largest absolute Gasteiger partial charge is 0.481 e. The average molecular weight is 286 g/mol. The Bertz CT molecular complexity index is 353. The maximum absolute atomic E-state index is 11.6. The molecule has 3 amide bonds. The fourth-order valence-corrected chi connectivity index (χ4v) is 2.08. The Morgan fingerprint density at radius 1 is 1.30 bits per heavy atom. The van der Waals surface area contributed by atoms with Crippen LogP contribution in [0.5, 0.6) is 0 Å². The molecule has 114 valence electrons. The smallest absolute Gasteiger partial charge is 0.321 e. The number of amides is 3. The molecule has 2 unspecified atom stereocenters. The van der Waals surface area contributed by atoms with Crippen molar-refractivity contribution < 1.29 is 24.2 Å². The van der Waals surface area contributed by atoms with Crippen molar-refractivity contribution in [2.75, 3.05) is 6.61 Å². The summed E-state index contributed by atoms with van der Waals surface area (Å²) in [5.74, 6) is -1.28. The molecule has 0 aromatic carbocycles. The molecule has 0 aromatic rings. The Labute approximate surface area is 118 Å². The minimum Gasteiger partial charge on any atom is -0.481 e. The molecule has 1 fully saturated rings. The zero-order chi connectivity index (χ0) is 15.0. The van der Waals surface area contributed by atoms with Crippen LogP contribution in [0.4, 0.5) is 4.79 Å². The Balaban J connectivity index is 2.14. The molecule has 3 N–H and O–H groups in total. The fraction of sp³-hybridized carbons (Fsp3) is 0.769. The van der Waals surface area contributed by atoms with E-state index >= 15 is 0 Å². The molecular weight excluding hydrogens is 264 g/mol. The number of rotatable bonds is 7. The van der Waals surface area contributed by atoms with Crippen LogP contribution in [0.2, 0.25) is 0 Å². The Kier molecular flexibility index (Phi) is 7.00. The summed E-state index contributed by atoms with van der Waals surface area (Å²) in [4.78, 5) is 33.3. The van der Waals surface area contributed by atoms with Gasteiger partial charge in [0.2, 0.25) is 5.91 Å². The number of carboxylic acids is 1. The van der Waals surface area contributed by atoms with Gasteiger partial charge in [0.1, 0.15) is 0 Å². The van der Waals surface area contributed by atoms with E-state index in [9.17, 15) is 14.4 Å². The van der Waals surface area contributed by atoms with E-state index in [1.165, 1.54) is 0 Å². The van der Waals surface area contributed by atoms with Crippen LogP contribution in [0.3, 0.4) is 0 Å². The molecule has 2 atom stereocenters. The Hall–Kier alpha value is -1.63. The van der Waals surface area contributed by atoms with Gasteiger partial charge in [-0.1, -0.05) is 0 Å². The van der Waals surface area contributed by atoms with Crippen molar-refractivity contribution in [3.63, 3.8) is 0 Å². The SMILES string of the molecule is CC(NC(=O)NC(=O)CCCCC(=O)O)C1CCCO1. The molecule has 1 heterocycles. The van der Waals surface area contributed by atoms with Gasteiger partial charge in [0.15, 0.2) is 0 Å². The van der Waals surface area contributed by atoms with E-state index in [0.717, 1.165) is 12.8 Å². The molecule has 0 aliphatic carbocycles. The summed E-state index contributed by atoms with van der Waals surface area (Å²) in [6, 6.07) is -0.673. The van der Waals surface area contributed by atoms with E-state index < -0.39 is 17.9 Å². The number of aliphatic carboxylic acids is 1. The Morgan fingerprint density at radius 2 is 2.00 bits per heavy atom. The van der Waals surface area contributed by atoms with Crippen LogP contribution in [0, 0.1) is 0 Å². The molecule has 20 heavy (non-hydrogen) atoms. The van der Waals surface area contributed by atoms with E-state index in [1.54, 1.807) is 0 Å². The number of ether oxygens (including phenoxy) is 1. The lowest BCUT2D eigenvalue weighted by Crippen LogP contribution is -2.47. The average Bonchev–Trinajstić information content (AvgIpc) is 2.88. The summed E-state index contributed by atoms with van der Waals surface area (Å²) in [5, 5.41) is 13.4. The summed E-state index contributed by atoms with van der Waals surface area (Å²) in [6.45, 7) is 2.55. The second-order valence-electron chi connectivity index (χ2n) is 4.96. The van der Waals surface area contributed by atoms with Crippen LogP contribution >= 0.6 is 0 Å². The molecule has 1 saturated heterocycles. The van der Waals surface area contributed by atoms with Gasteiger partial charge in [-0.05, 0) is 32.6 Å². The first-order valence-corrected chi connectivity index (χ1v) is 6.93. The lowest BCUT2D eigenvalue weighted by atomic mass is 10.1. The molecule has 1 aliphatic rings. The van der Waals surface area contributed by atoms with Crippen molar-refractivity contribution in [3.8, 4) is 0 Å². The number of urea groups is 1. The van der Waals surface area contributed by atoms with Gasteiger partial charge in [0, 0.05) is 19.4 Å². The fourth-order valence-electron chi connectivity index (χ4n) is 2.08. The lowest BCUT2D eigenvalue weighted by Gasteiger charge is -2.19. The van der Waals surface area contributed by atoms with Crippen molar-refractivity contribution in [1.82, 2.24) is 10.6 Å². The number of carbonyl (C=O) groups is 3. The summed E-state index contributed by atoms with van der Waals surface area (Å²) >= 11 is 0. The number of imide groups is 1. The zero-order valence-corrected chi connectivity index (χ0v) is 11.7. The van der Waals surface area contributed by atoms with Gasteiger partial charge in [0.25, 0.3) is 0 Å². The third kappa shape index (κ3) is 6.51. The summed E-state index contributed by atoms with van der Waals surface area (Å²) in [5.41, 5.74) is 0. The maximum Gasteiger partial charge on any atom is 0.321 e. The number of unbranched alkanes of at least 4 members (excludes halogenated alkanes) is 1. The molecule has 0 aromatic heterocycles. The van der Waals surface area contributed by atoms with E-state index in [1.807, 2.05) is 6.92 Å². The highest BCUT2D eigenvalue weighted by Gasteiger charge is 2.23. The topological polar surface area (TPSA) is 105 Å². The molecule has 7 nitrogen and oxygen atoms in total. The van der Waals surface area contributed by atoms with Crippen molar-refractivity contribution in [3.05, 3.63) is 0 Å². The van der Waals surface area contributed by atoms with Crippen LogP contribution in [0.15, 0.2) is 0 Å². The number of hydrogen-bond donors (Lipinski definition) is 3. The minimum absolute atomic E-state index is 0.00594. The minimum atomic E-state index is -0.881. The van der Waals surface area contributed by atoms with Crippen LogP contribution < -0.4 is 10.6 Å². The van der Waals surface area contributed by atoms with E-state index in [0.29, 0.717) is 19.4 Å². The number of hydrogen-bond acceptors (Lipinski definition) is 4. The van der Waals surface area contributed by atoms with Gasteiger partial charge in [0.05, 0.1) is 12.1 Å². The summed E-state index contributed by atoms with van der Waals surface area (Å²) in [6.07, 6.45) is 2.96. The van der Waals surface area contributed by atoms with Crippen LogP contribution in [-0.2, 0) is 14.3 Å². The second-order valence-corrected chi connectivity index (χ2v) is 4.96. The number of nitrogens with one attached hydrogen (secondary N) is 2. The van der Waals surface area contributed by atoms with Crippen LogP contribution in [0.25, 0.3) is 0 Å². The Morgan fingerprint density at radius 3 is 2.60 bits per heavy atom. The maximum atomic E-state index is 11.6. The molecule has 1 aliphatic heterocycles. The molecule has 0 bridgehead atoms. The van der Waals surface area contributed by atoms with Gasteiger partial charge >= 0.3 is 12.0 Å². The zero-order valence-electron chi connectivity index (χ0n) is 11.7. The third-order valence-electron chi connectivity index (χ3n) is 3.18. The standard InChI is InChI=1S/C13H22N2O5/c1-9(10-5-4-8-20-10)14-13(19)15-11(16)6-2-3-7-12(17)18/h9-10H,2-8H2,1H3,(H,17,18)(H2,14,15,16,19).